The van der Waals surface area contributed by atoms with Crippen molar-refractivity contribution in [2.24, 2.45) is 0 Å². The van der Waals surface area contributed by atoms with Gasteiger partial charge in [-0.25, -0.2) is 4.79 Å². The molecule has 0 atom stereocenters. The molecule has 0 N–H and O–H groups in total. The molecule has 7 nitrogen and oxygen atoms in total. The molecule has 3 rings (SSSR count). The Morgan fingerprint density at radius 3 is 2.75 bits per heavy atom. The van der Waals surface area contributed by atoms with E-state index in [0.29, 0.717) is 44.1 Å². The SMILES string of the molecule is O=C(/C=C/c1ccc2c(c1)OCCO2)OCC(=O)N1CCCC1=O. The number of rotatable bonds is 4. The van der Waals surface area contributed by atoms with Gasteiger partial charge in [0.25, 0.3) is 5.91 Å². The first-order chi connectivity index (χ1) is 11.6. The first kappa shape index (κ1) is 16.0. The van der Waals surface area contributed by atoms with Gasteiger partial charge < -0.3 is 14.2 Å². The number of ether oxygens (including phenoxy) is 3. The Hall–Kier alpha value is -2.83. The van der Waals surface area contributed by atoms with E-state index in [-0.39, 0.29) is 5.91 Å². The van der Waals surface area contributed by atoms with Crippen LogP contribution in [-0.2, 0) is 19.1 Å². The quantitative estimate of drug-likeness (QED) is 0.608. The molecule has 0 aromatic heterocycles. The first-order valence-electron chi connectivity index (χ1n) is 7.71. The van der Waals surface area contributed by atoms with Crippen LogP contribution in [0.4, 0.5) is 0 Å². The summed E-state index contributed by atoms with van der Waals surface area (Å²) in [5.74, 6) is -0.0623. The van der Waals surface area contributed by atoms with Gasteiger partial charge in [-0.05, 0) is 30.2 Å². The fourth-order valence-electron chi connectivity index (χ4n) is 2.50. The number of hydrogen-bond donors (Lipinski definition) is 0. The Morgan fingerprint density at radius 2 is 2.00 bits per heavy atom. The Kier molecular flexibility index (Phi) is 4.79. The highest BCUT2D eigenvalue weighted by molar-refractivity contribution is 5.98. The number of nitrogens with zero attached hydrogens (tertiary/aromatic N) is 1. The van der Waals surface area contributed by atoms with Gasteiger partial charge in [-0.15, -0.1) is 0 Å². The van der Waals surface area contributed by atoms with Crippen molar-refractivity contribution in [2.75, 3.05) is 26.4 Å². The number of esters is 1. The molecular weight excluding hydrogens is 314 g/mol. The van der Waals surface area contributed by atoms with Crippen molar-refractivity contribution < 1.29 is 28.6 Å². The third-order valence-corrected chi connectivity index (χ3v) is 3.69. The summed E-state index contributed by atoms with van der Waals surface area (Å²) in [5, 5.41) is 0. The fraction of sp³-hybridized carbons (Fsp3) is 0.353. The van der Waals surface area contributed by atoms with E-state index in [1.54, 1.807) is 24.3 Å². The minimum Gasteiger partial charge on any atom is -0.486 e. The van der Waals surface area contributed by atoms with Crippen LogP contribution < -0.4 is 9.47 Å². The predicted molar refractivity (Wildman–Crippen MR) is 83.4 cm³/mol. The number of benzene rings is 1. The highest BCUT2D eigenvalue weighted by Crippen LogP contribution is 2.31. The zero-order valence-corrected chi connectivity index (χ0v) is 13.0. The lowest BCUT2D eigenvalue weighted by Gasteiger charge is -2.18. The van der Waals surface area contributed by atoms with Crippen LogP contribution >= 0.6 is 0 Å². The Morgan fingerprint density at radius 1 is 1.21 bits per heavy atom. The topological polar surface area (TPSA) is 82.1 Å². The van der Waals surface area contributed by atoms with Gasteiger partial charge >= 0.3 is 5.97 Å². The summed E-state index contributed by atoms with van der Waals surface area (Å²) in [6.45, 7) is 0.958. The molecule has 1 saturated heterocycles. The van der Waals surface area contributed by atoms with E-state index in [0.717, 1.165) is 10.5 Å². The second-order valence-electron chi connectivity index (χ2n) is 5.39. The monoisotopic (exact) mass is 331 g/mol. The molecule has 7 heteroatoms. The molecule has 1 aromatic rings. The third-order valence-electron chi connectivity index (χ3n) is 3.69. The summed E-state index contributed by atoms with van der Waals surface area (Å²) < 4.78 is 15.7. The van der Waals surface area contributed by atoms with Crippen molar-refractivity contribution in [1.29, 1.82) is 0 Å². The van der Waals surface area contributed by atoms with Crippen molar-refractivity contribution in [3.05, 3.63) is 29.8 Å². The van der Waals surface area contributed by atoms with E-state index in [9.17, 15) is 14.4 Å². The summed E-state index contributed by atoms with van der Waals surface area (Å²) in [5.41, 5.74) is 0.747. The minimum atomic E-state index is -0.648. The summed E-state index contributed by atoms with van der Waals surface area (Å²) in [6.07, 6.45) is 3.81. The second kappa shape index (κ2) is 7.16. The van der Waals surface area contributed by atoms with Gasteiger partial charge in [0.15, 0.2) is 18.1 Å². The summed E-state index contributed by atoms with van der Waals surface area (Å²) >= 11 is 0. The molecule has 0 spiro atoms. The molecule has 2 heterocycles. The van der Waals surface area contributed by atoms with Gasteiger partial charge in [0.2, 0.25) is 5.91 Å². The van der Waals surface area contributed by atoms with Crippen LogP contribution in [0.15, 0.2) is 24.3 Å². The maximum absolute atomic E-state index is 11.8. The zero-order chi connectivity index (χ0) is 16.9. The number of likely N-dealkylation sites (tertiary alicyclic amines) is 1. The number of hydrogen-bond acceptors (Lipinski definition) is 6. The van der Waals surface area contributed by atoms with Crippen molar-refractivity contribution in [2.45, 2.75) is 12.8 Å². The smallest absolute Gasteiger partial charge is 0.331 e. The predicted octanol–water partition coefficient (Wildman–Crippen LogP) is 1.16. The zero-order valence-electron chi connectivity index (χ0n) is 13.0. The van der Waals surface area contributed by atoms with Crippen LogP contribution in [0.1, 0.15) is 18.4 Å². The van der Waals surface area contributed by atoms with E-state index in [2.05, 4.69) is 0 Å². The molecule has 24 heavy (non-hydrogen) atoms. The molecule has 2 aliphatic rings. The lowest BCUT2D eigenvalue weighted by Crippen LogP contribution is -2.35. The maximum atomic E-state index is 11.8. The van der Waals surface area contributed by atoms with E-state index >= 15 is 0 Å². The number of carbonyl (C=O) groups excluding carboxylic acids is 3. The number of imide groups is 1. The minimum absolute atomic E-state index is 0.220. The van der Waals surface area contributed by atoms with Crippen molar-refractivity contribution in [1.82, 2.24) is 4.90 Å². The highest BCUT2D eigenvalue weighted by Gasteiger charge is 2.26. The van der Waals surface area contributed by atoms with Crippen LogP contribution in [0.3, 0.4) is 0 Å². The number of fused-ring (bicyclic) bond motifs is 1. The third kappa shape index (κ3) is 3.73. The van der Waals surface area contributed by atoms with Crippen LogP contribution in [0.2, 0.25) is 0 Å². The van der Waals surface area contributed by atoms with Crippen LogP contribution in [-0.4, -0.2) is 49.0 Å². The van der Waals surface area contributed by atoms with E-state index in [1.165, 1.54) is 6.08 Å². The van der Waals surface area contributed by atoms with Gasteiger partial charge in [-0.2, -0.15) is 0 Å². The van der Waals surface area contributed by atoms with Gasteiger partial charge in [-0.1, -0.05) is 6.07 Å². The Labute approximate surface area is 138 Å². The van der Waals surface area contributed by atoms with Crippen molar-refractivity contribution in [3.8, 4) is 11.5 Å². The molecule has 0 unspecified atom stereocenters. The van der Waals surface area contributed by atoms with Gasteiger partial charge in [0.05, 0.1) is 0 Å². The average Bonchev–Trinajstić information content (AvgIpc) is 3.03. The van der Waals surface area contributed by atoms with Gasteiger partial charge in [-0.3, -0.25) is 14.5 Å². The number of carbonyl (C=O) groups is 3. The molecule has 2 aliphatic heterocycles. The standard InChI is InChI=1S/C17H17NO6/c19-15-2-1-7-18(15)16(20)11-24-17(21)6-4-12-3-5-13-14(10-12)23-9-8-22-13/h3-6,10H,1-2,7-9,11H2/b6-4+. The molecule has 1 fully saturated rings. The molecule has 0 saturated carbocycles. The second-order valence-corrected chi connectivity index (χ2v) is 5.39. The molecule has 0 radical (unpaired) electrons. The van der Waals surface area contributed by atoms with Crippen LogP contribution in [0, 0.1) is 0 Å². The number of amides is 2. The van der Waals surface area contributed by atoms with Crippen molar-refractivity contribution >= 4 is 23.9 Å². The van der Waals surface area contributed by atoms with E-state index in [1.807, 2.05) is 0 Å². The molecule has 2 amide bonds. The largest absolute Gasteiger partial charge is 0.486 e. The molecule has 0 bridgehead atoms. The molecular formula is C17H17NO6. The first-order valence-corrected chi connectivity index (χ1v) is 7.71. The highest BCUT2D eigenvalue weighted by atomic mass is 16.6. The summed E-state index contributed by atoms with van der Waals surface area (Å²) in [6, 6.07) is 5.31. The lowest BCUT2D eigenvalue weighted by atomic mass is 10.2. The molecule has 126 valence electrons. The summed E-state index contributed by atoms with van der Waals surface area (Å²) in [7, 11) is 0. The van der Waals surface area contributed by atoms with Crippen molar-refractivity contribution in [3.63, 3.8) is 0 Å². The lowest BCUT2D eigenvalue weighted by molar-refractivity contribution is -0.151. The van der Waals surface area contributed by atoms with Gasteiger partial charge in [0.1, 0.15) is 13.2 Å². The van der Waals surface area contributed by atoms with Gasteiger partial charge in [0, 0.05) is 19.0 Å². The van der Waals surface area contributed by atoms with E-state index < -0.39 is 18.5 Å². The Bertz CT molecular complexity index is 696. The van der Waals surface area contributed by atoms with Crippen LogP contribution in [0.5, 0.6) is 11.5 Å². The average molecular weight is 331 g/mol. The maximum Gasteiger partial charge on any atom is 0.331 e. The fourth-order valence-corrected chi connectivity index (χ4v) is 2.50. The molecule has 0 aliphatic carbocycles. The normalized spacial score (nSPS) is 16.5. The van der Waals surface area contributed by atoms with Crippen LogP contribution in [0.25, 0.3) is 6.08 Å². The Balaban J connectivity index is 1.52. The molecule has 1 aromatic carbocycles. The van der Waals surface area contributed by atoms with E-state index in [4.69, 9.17) is 14.2 Å². The summed E-state index contributed by atoms with van der Waals surface area (Å²) in [4.78, 5) is 36.0.